The predicted octanol–water partition coefficient (Wildman–Crippen LogP) is 4.54. The molecule has 3 atom stereocenters. The molecule has 0 radical (unpaired) electrons. The van der Waals surface area contributed by atoms with Crippen molar-refractivity contribution in [2.24, 2.45) is 0 Å². The van der Waals surface area contributed by atoms with Crippen molar-refractivity contribution in [3.63, 3.8) is 0 Å². The number of rotatable bonds is 3. The summed E-state index contributed by atoms with van der Waals surface area (Å²) in [4.78, 5) is 0. The zero-order valence-electron chi connectivity index (χ0n) is 11.4. The summed E-state index contributed by atoms with van der Waals surface area (Å²) < 4.78 is 13.5. The molecule has 20 heavy (non-hydrogen) atoms. The molecule has 3 heteroatoms. The van der Waals surface area contributed by atoms with Gasteiger partial charge < -0.3 is 4.57 Å². The lowest BCUT2D eigenvalue weighted by Gasteiger charge is -2.26. The molecular formula is C17H18NOP. The molecule has 2 nitrogen and oxygen atoms in total. The summed E-state index contributed by atoms with van der Waals surface area (Å²) in [7, 11) is -0.771. The lowest BCUT2D eigenvalue weighted by atomic mass is 10.1. The molecular weight excluding hydrogens is 265 g/mol. The van der Waals surface area contributed by atoms with Gasteiger partial charge in [0.2, 0.25) is 0 Å². The van der Waals surface area contributed by atoms with E-state index in [0.29, 0.717) is 0 Å². The minimum Gasteiger partial charge on any atom is -0.305 e. The van der Waals surface area contributed by atoms with Gasteiger partial charge in [-0.05, 0) is 18.2 Å². The Morgan fingerprint density at radius 1 is 0.800 bits per heavy atom. The van der Waals surface area contributed by atoms with Crippen molar-refractivity contribution >= 4 is 7.29 Å². The van der Waals surface area contributed by atoms with Gasteiger partial charge in [0.05, 0.1) is 11.3 Å². The summed E-state index contributed by atoms with van der Waals surface area (Å²) in [5.41, 5.74) is 2.14. The maximum absolute atomic E-state index is 13.5. The van der Waals surface area contributed by atoms with Crippen LogP contribution in [0.1, 0.15) is 22.4 Å². The van der Waals surface area contributed by atoms with Crippen LogP contribution in [0.2, 0.25) is 0 Å². The molecule has 0 saturated heterocycles. The highest BCUT2D eigenvalue weighted by Crippen LogP contribution is 2.70. The lowest BCUT2D eigenvalue weighted by molar-refractivity contribution is 0.562. The molecule has 0 bridgehead atoms. The van der Waals surface area contributed by atoms with Crippen LogP contribution in [0.3, 0.4) is 0 Å². The van der Waals surface area contributed by atoms with E-state index in [1.165, 1.54) is 0 Å². The van der Waals surface area contributed by atoms with Crippen molar-refractivity contribution in [2.45, 2.75) is 11.3 Å². The third kappa shape index (κ3) is 2.15. The monoisotopic (exact) mass is 283 g/mol. The number of benzene rings is 2. The SMILES string of the molecule is CNP1(=O)[C@@H](c2ccccc2)C=C[C@H]1c1ccccc1. The van der Waals surface area contributed by atoms with E-state index in [0.717, 1.165) is 11.1 Å². The van der Waals surface area contributed by atoms with Crippen molar-refractivity contribution < 1.29 is 4.57 Å². The van der Waals surface area contributed by atoms with E-state index in [1.54, 1.807) is 7.05 Å². The van der Waals surface area contributed by atoms with Crippen LogP contribution in [0.5, 0.6) is 0 Å². The topological polar surface area (TPSA) is 29.1 Å². The highest BCUT2D eigenvalue weighted by Gasteiger charge is 2.42. The van der Waals surface area contributed by atoms with E-state index in [9.17, 15) is 4.57 Å². The van der Waals surface area contributed by atoms with Crippen LogP contribution < -0.4 is 5.09 Å². The molecule has 1 N–H and O–H groups in total. The predicted molar refractivity (Wildman–Crippen MR) is 84.2 cm³/mol. The van der Waals surface area contributed by atoms with Gasteiger partial charge in [0, 0.05) is 0 Å². The minimum absolute atomic E-state index is 0.0427. The van der Waals surface area contributed by atoms with Crippen LogP contribution in [0.15, 0.2) is 72.8 Å². The van der Waals surface area contributed by atoms with Crippen molar-refractivity contribution in [2.75, 3.05) is 7.05 Å². The van der Waals surface area contributed by atoms with Crippen molar-refractivity contribution in [3.05, 3.63) is 83.9 Å². The fraction of sp³-hybridized carbons (Fsp3) is 0.176. The maximum Gasteiger partial charge on any atom is 0.169 e. The van der Waals surface area contributed by atoms with Crippen LogP contribution in [0.25, 0.3) is 0 Å². The Labute approximate surface area is 120 Å². The van der Waals surface area contributed by atoms with Gasteiger partial charge >= 0.3 is 0 Å². The summed E-state index contributed by atoms with van der Waals surface area (Å²) >= 11 is 0. The van der Waals surface area contributed by atoms with Crippen molar-refractivity contribution in [3.8, 4) is 0 Å². The van der Waals surface area contributed by atoms with Crippen LogP contribution in [-0.4, -0.2) is 7.05 Å². The summed E-state index contributed by atoms with van der Waals surface area (Å²) in [6.45, 7) is 0. The molecule has 2 aromatic rings. The van der Waals surface area contributed by atoms with Gasteiger partial charge in [0.1, 0.15) is 0 Å². The fourth-order valence-corrected chi connectivity index (χ4v) is 5.73. The first-order chi connectivity index (χ1) is 9.75. The Kier molecular flexibility index (Phi) is 3.60. The van der Waals surface area contributed by atoms with Gasteiger partial charge in [0.15, 0.2) is 7.29 Å². The summed E-state index contributed by atoms with van der Waals surface area (Å²) in [5, 5.41) is 3.13. The second kappa shape index (κ2) is 5.40. The standard InChI is InChI=1S/C17H18NOP/c1-18-20(19)16(14-8-4-2-5-9-14)12-13-17(20)15-10-6-3-7-11-15/h2-13,16-17H,1H3,(H,18,19)/t16-,17+,20?. The van der Waals surface area contributed by atoms with E-state index in [2.05, 4.69) is 17.2 Å². The molecule has 1 unspecified atom stereocenters. The van der Waals surface area contributed by atoms with Gasteiger partial charge in [0.25, 0.3) is 0 Å². The quantitative estimate of drug-likeness (QED) is 0.662. The molecule has 1 aliphatic heterocycles. The molecule has 0 aromatic heterocycles. The van der Waals surface area contributed by atoms with Crippen molar-refractivity contribution in [1.82, 2.24) is 5.09 Å². The second-order valence-electron chi connectivity index (χ2n) is 5.03. The zero-order valence-corrected chi connectivity index (χ0v) is 12.3. The van der Waals surface area contributed by atoms with E-state index < -0.39 is 7.29 Å². The van der Waals surface area contributed by atoms with Crippen LogP contribution in [0, 0.1) is 0 Å². The molecule has 0 spiro atoms. The Balaban J connectivity index is 2.02. The zero-order chi connectivity index (χ0) is 14.0. The number of nitrogens with one attached hydrogen (secondary N) is 1. The van der Waals surface area contributed by atoms with Gasteiger partial charge in [-0.2, -0.15) is 0 Å². The third-order valence-electron chi connectivity index (χ3n) is 3.93. The minimum atomic E-state index is -2.58. The molecule has 1 heterocycles. The lowest BCUT2D eigenvalue weighted by Crippen LogP contribution is -2.12. The Bertz CT molecular complexity index is 598. The second-order valence-corrected chi connectivity index (χ2v) is 8.01. The van der Waals surface area contributed by atoms with Gasteiger partial charge in [-0.1, -0.05) is 72.8 Å². The third-order valence-corrected chi connectivity index (χ3v) is 7.23. The largest absolute Gasteiger partial charge is 0.305 e. The molecule has 0 fully saturated rings. The summed E-state index contributed by atoms with van der Waals surface area (Å²) in [6, 6.07) is 20.2. The normalized spacial score (nSPS) is 28.6. The highest BCUT2D eigenvalue weighted by molar-refractivity contribution is 7.63. The van der Waals surface area contributed by atoms with Crippen LogP contribution in [0.4, 0.5) is 0 Å². The van der Waals surface area contributed by atoms with E-state index in [1.807, 2.05) is 60.7 Å². The van der Waals surface area contributed by atoms with Crippen LogP contribution in [-0.2, 0) is 4.57 Å². The number of hydrogen-bond acceptors (Lipinski definition) is 1. The Morgan fingerprint density at radius 3 is 1.55 bits per heavy atom. The fourth-order valence-electron chi connectivity index (χ4n) is 2.88. The summed E-state index contributed by atoms with van der Waals surface area (Å²) in [6.07, 6.45) is 4.18. The highest BCUT2D eigenvalue weighted by atomic mass is 31.2. The van der Waals surface area contributed by atoms with Gasteiger partial charge in [-0.15, -0.1) is 0 Å². The first-order valence-electron chi connectivity index (χ1n) is 6.82. The molecule has 102 valence electrons. The van der Waals surface area contributed by atoms with Gasteiger partial charge in [-0.3, -0.25) is 5.09 Å². The summed E-state index contributed by atoms with van der Waals surface area (Å²) in [5.74, 6) is 0. The molecule has 1 aliphatic rings. The average Bonchev–Trinajstić information content (AvgIpc) is 2.87. The molecule has 0 aliphatic carbocycles. The van der Waals surface area contributed by atoms with E-state index >= 15 is 0 Å². The maximum atomic E-state index is 13.5. The number of allylic oxidation sites excluding steroid dienone is 2. The van der Waals surface area contributed by atoms with Gasteiger partial charge in [-0.25, -0.2) is 0 Å². The molecule has 0 amide bonds. The molecule has 0 saturated carbocycles. The Morgan fingerprint density at radius 2 is 1.20 bits per heavy atom. The molecule has 3 rings (SSSR count). The first-order valence-corrected chi connectivity index (χ1v) is 8.67. The first kappa shape index (κ1) is 13.4. The van der Waals surface area contributed by atoms with Crippen molar-refractivity contribution in [1.29, 1.82) is 0 Å². The molecule has 2 aromatic carbocycles. The smallest absolute Gasteiger partial charge is 0.169 e. The van der Waals surface area contributed by atoms with Crippen LogP contribution >= 0.6 is 7.29 Å². The average molecular weight is 283 g/mol. The van der Waals surface area contributed by atoms with E-state index in [-0.39, 0.29) is 11.3 Å². The van der Waals surface area contributed by atoms with E-state index in [4.69, 9.17) is 0 Å². The number of hydrogen-bond donors (Lipinski definition) is 1. The Hall–Kier alpha value is -1.63.